The zero-order valence-electron chi connectivity index (χ0n) is 14.4. The Hall–Kier alpha value is -2.34. The van der Waals surface area contributed by atoms with Crippen molar-refractivity contribution in [3.8, 4) is 0 Å². The number of hydrogen-bond acceptors (Lipinski definition) is 4. The lowest BCUT2D eigenvalue weighted by Crippen LogP contribution is -2.38. The monoisotopic (exact) mass is 360 g/mol. The Labute approximate surface area is 153 Å². The second-order valence-corrected chi connectivity index (χ2v) is 6.05. The first-order chi connectivity index (χ1) is 12.2. The van der Waals surface area contributed by atoms with Crippen LogP contribution >= 0.6 is 12.2 Å². The van der Waals surface area contributed by atoms with Crippen molar-refractivity contribution in [1.29, 1.82) is 0 Å². The normalized spacial score (nSPS) is 11.6. The van der Waals surface area contributed by atoms with Gasteiger partial charge < -0.3 is 19.8 Å². The lowest BCUT2D eigenvalue weighted by atomic mass is 10.1. The van der Waals surface area contributed by atoms with Gasteiger partial charge in [0.05, 0.1) is 13.4 Å². The molecule has 2 N–H and O–H groups in total. The third-order valence-electron chi connectivity index (χ3n) is 3.81. The van der Waals surface area contributed by atoms with Crippen molar-refractivity contribution in [2.75, 3.05) is 13.7 Å². The van der Waals surface area contributed by atoms with Crippen LogP contribution in [0.5, 0.6) is 0 Å². The molecule has 5 nitrogen and oxygen atoms in total. The molecule has 25 heavy (non-hydrogen) atoms. The lowest BCUT2D eigenvalue weighted by molar-refractivity contribution is -0.140. The number of methoxy groups -OCH3 is 1. The number of thiocarbonyl (C=S) groups is 1. The number of furan rings is 1. The fourth-order valence-corrected chi connectivity index (χ4v) is 2.70. The maximum atomic E-state index is 11.0. The topological polar surface area (TPSA) is 63.5 Å². The van der Waals surface area contributed by atoms with Gasteiger partial charge in [0.25, 0.3) is 0 Å². The summed E-state index contributed by atoms with van der Waals surface area (Å²) in [6, 6.07) is 13.7. The smallest absolute Gasteiger partial charge is 0.305 e. The molecule has 0 fully saturated rings. The molecule has 0 saturated carbocycles. The number of esters is 1. The van der Waals surface area contributed by atoms with E-state index in [1.165, 1.54) is 7.11 Å². The van der Waals surface area contributed by atoms with Crippen LogP contribution in [0.15, 0.2) is 53.1 Å². The SMILES string of the molecule is COC(=O)CCCCCNC(=S)N[C@H](c1ccccc1)c1ccco1. The van der Waals surface area contributed by atoms with Crippen LogP contribution in [0.4, 0.5) is 0 Å². The maximum Gasteiger partial charge on any atom is 0.305 e. The Balaban J connectivity index is 1.78. The van der Waals surface area contributed by atoms with Gasteiger partial charge >= 0.3 is 5.97 Å². The Kier molecular flexibility index (Phi) is 7.98. The fourth-order valence-electron chi connectivity index (χ4n) is 2.48. The minimum absolute atomic E-state index is 0.129. The zero-order chi connectivity index (χ0) is 17.9. The van der Waals surface area contributed by atoms with Crippen LogP contribution in [0.1, 0.15) is 43.0 Å². The summed E-state index contributed by atoms with van der Waals surface area (Å²) in [5, 5.41) is 7.10. The van der Waals surface area contributed by atoms with Gasteiger partial charge in [-0.25, -0.2) is 0 Å². The van der Waals surface area contributed by atoms with Crippen molar-refractivity contribution < 1.29 is 13.9 Å². The molecule has 0 aliphatic carbocycles. The molecule has 0 spiro atoms. The second kappa shape index (κ2) is 10.5. The van der Waals surface area contributed by atoms with Gasteiger partial charge in [0.2, 0.25) is 0 Å². The summed E-state index contributed by atoms with van der Waals surface area (Å²) in [6.45, 7) is 0.757. The molecule has 1 aromatic carbocycles. The third kappa shape index (κ3) is 6.58. The minimum atomic E-state index is -0.158. The number of carbonyl (C=O) groups is 1. The molecular formula is C19H24N2O3S. The average Bonchev–Trinajstić information content (AvgIpc) is 3.17. The maximum absolute atomic E-state index is 11.0. The van der Waals surface area contributed by atoms with E-state index < -0.39 is 0 Å². The van der Waals surface area contributed by atoms with Crippen LogP contribution in [0.3, 0.4) is 0 Å². The van der Waals surface area contributed by atoms with Crippen LogP contribution < -0.4 is 10.6 Å². The highest BCUT2D eigenvalue weighted by Gasteiger charge is 2.17. The van der Waals surface area contributed by atoms with E-state index in [0.717, 1.165) is 37.1 Å². The molecule has 1 heterocycles. The van der Waals surface area contributed by atoms with Gasteiger partial charge in [-0.05, 0) is 42.8 Å². The van der Waals surface area contributed by atoms with Gasteiger partial charge in [0.1, 0.15) is 11.8 Å². The van der Waals surface area contributed by atoms with Gasteiger partial charge in [-0.3, -0.25) is 4.79 Å². The molecule has 0 bridgehead atoms. The first-order valence-electron chi connectivity index (χ1n) is 8.40. The number of hydrogen-bond donors (Lipinski definition) is 2. The predicted molar refractivity (Wildman–Crippen MR) is 101 cm³/mol. The minimum Gasteiger partial charge on any atom is -0.469 e. The van der Waals surface area contributed by atoms with E-state index in [-0.39, 0.29) is 12.0 Å². The standard InChI is InChI=1S/C19H24N2O3S/c1-23-17(22)12-6-3-7-13-20-19(25)21-18(16-11-8-14-24-16)15-9-4-2-5-10-15/h2,4-5,8-11,14,18H,3,6-7,12-13H2,1H3,(H2,20,21,25)/t18-/m1/s1. The van der Waals surface area contributed by atoms with Gasteiger partial charge in [-0.2, -0.15) is 0 Å². The molecule has 1 atom stereocenters. The number of benzene rings is 1. The molecule has 0 radical (unpaired) electrons. The van der Waals surface area contributed by atoms with Crippen LogP contribution in [0.25, 0.3) is 0 Å². The first-order valence-corrected chi connectivity index (χ1v) is 8.81. The van der Waals surface area contributed by atoms with Gasteiger partial charge in [-0.1, -0.05) is 36.8 Å². The molecule has 0 aliphatic heterocycles. The largest absolute Gasteiger partial charge is 0.469 e. The molecule has 0 saturated heterocycles. The van der Waals surface area contributed by atoms with E-state index in [4.69, 9.17) is 16.6 Å². The number of unbranched alkanes of at least 4 members (excludes halogenated alkanes) is 2. The summed E-state index contributed by atoms with van der Waals surface area (Å²) in [5.41, 5.74) is 1.08. The van der Waals surface area contributed by atoms with Crippen LogP contribution in [-0.2, 0) is 9.53 Å². The molecule has 1 aromatic heterocycles. The molecule has 2 rings (SSSR count). The third-order valence-corrected chi connectivity index (χ3v) is 4.07. The van der Waals surface area contributed by atoms with Crippen molar-refractivity contribution in [2.45, 2.75) is 31.7 Å². The summed E-state index contributed by atoms with van der Waals surface area (Å²) in [7, 11) is 1.41. The fraction of sp³-hybridized carbons (Fsp3) is 0.368. The summed E-state index contributed by atoms with van der Waals surface area (Å²) >= 11 is 5.40. The van der Waals surface area contributed by atoms with E-state index in [0.29, 0.717) is 11.5 Å². The van der Waals surface area contributed by atoms with E-state index >= 15 is 0 Å². The number of rotatable bonds is 9. The Morgan fingerprint density at radius 3 is 2.64 bits per heavy atom. The van der Waals surface area contributed by atoms with Gasteiger partial charge in [0, 0.05) is 13.0 Å². The van der Waals surface area contributed by atoms with Crippen LogP contribution in [-0.4, -0.2) is 24.7 Å². The predicted octanol–water partition coefficient (Wildman–Crippen LogP) is 3.57. The van der Waals surface area contributed by atoms with Crippen molar-refractivity contribution in [3.63, 3.8) is 0 Å². The average molecular weight is 360 g/mol. The highest BCUT2D eigenvalue weighted by atomic mass is 32.1. The summed E-state index contributed by atoms with van der Waals surface area (Å²) in [5.74, 6) is 0.655. The number of nitrogens with one attached hydrogen (secondary N) is 2. The highest BCUT2D eigenvalue weighted by Crippen LogP contribution is 2.22. The van der Waals surface area contributed by atoms with E-state index in [9.17, 15) is 4.79 Å². The van der Waals surface area contributed by atoms with Crippen molar-refractivity contribution in [3.05, 3.63) is 60.1 Å². The van der Waals surface area contributed by atoms with E-state index in [2.05, 4.69) is 15.4 Å². The molecule has 134 valence electrons. The van der Waals surface area contributed by atoms with Crippen LogP contribution in [0.2, 0.25) is 0 Å². The molecule has 0 unspecified atom stereocenters. The number of carbonyl (C=O) groups excluding carboxylic acids is 1. The Bertz CT molecular complexity index is 644. The Morgan fingerprint density at radius 1 is 1.16 bits per heavy atom. The molecular weight excluding hydrogens is 336 g/mol. The second-order valence-electron chi connectivity index (χ2n) is 5.65. The molecule has 0 amide bonds. The lowest BCUT2D eigenvalue weighted by Gasteiger charge is -2.19. The van der Waals surface area contributed by atoms with Crippen molar-refractivity contribution in [1.82, 2.24) is 10.6 Å². The van der Waals surface area contributed by atoms with E-state index in [1.54, 1.807) is 6.26 Å². The van der Waals surface area contributed by atoms with E-state index in [1.807, 2.05) is 42.5 Å². The summed E-state index contributed by atoms with van der Waals surface area (Å²) in [6.07, 6.45) is 4.84. The van der Waals surface area contributed by atoms with Crippen LogP contribution in [0, 0.1) is 0 Å². The Morgan fingerprint density at radius 2 is 1.96 bits per heavy atom. The molecule has 2 aromatic rings. The quantitative estimate of drug-likeness (QED) is 0.405. The molecule has 0 aliphatic rings. The van der Waals surface area contributed by atoms with Crippen molar-refractivity contribution in [2.24, 2.45) is 0 Å². The van der Waals surface area contributed by atoms with Crippen molar-refractivity contribution >= 4 is 23.3 Å². The van der Waals surface area contributed by atoms with Gasteiger partial charge in [-0.15, -0.1) is 0 Å². The van der Waals surface area contributed by atoms with Gasteiger partial charge in [0.15, 0.2) is 5.11 Å². The number of ether oxygens (including phenoxy) is 1. The molecule has 6 heteroatoms. The summed E-state index contributed by atoms with van der Waals surface area (Å²) in [4.78, 5) is 11.0. The first kappa shape index (κ1) is 19.0. The summed E-state index contributed by atoms with van der Waals surface area (Å²) < 4.78 is 10.2. The zero-order valence-corrected chi connectivity index (χ0v) is 15.2. The highest BCUT2D eigenvalue weighted by molar-refractivity contribution is 7.80.